The lowest BCUT2D eigenvalue weighted by Gasteiger charge is -2.36. The fraction of sp³-hybridized carbons (Fsp3) is 0.250. The van der Waals surface area contributed by atoms with Crippen molar-refractivity contribution in [3.05, 3.63) is 69.7 Å². The number of benzene rings is 2. The van der Waals surface area contributed by atoms with Crippen molar-refractivity contribution >= 4 is 30.8 Å². The largest absolute Gasteiger partial charge is 0.340 e. The van der Waals surface area contributed by atoms with Gasteiger partial charge in [-0.05, 0) is 29.7 Å². The van der Waals surface area contributed by atoms with Crippen molar-refractivity contribution in [3.63, 3.8) is 0 Å². The smallest absolute Gasteiger partial charge is 0.324 e. The molecule has 22 heavy (non-hydrogen) atoms. The third-order valence-corrected chi connectivity index (χ3v) is 6.11. The van der Waals surface area contributed by atoms with Gasteiger partial charge in [0.25, 0.3) is 0 Å². The lowest BCUT2D eigenvalue weighted by molar-refractivity contribution is 0.332. The molecule has 3 nitrogen and oxygen atoms in total. The van der Waals surface area contributed by atoms with Gasteiger partial charge in [-0.2, -0.15) is 0 Å². The Morgan fingerprint density at radius 3 is 1.68 bits per heavy atom. The average molecular weight is 359 g/mol. The standard InChI is InChI=1S/C16H17Cl2O3P/c1-2-11-16(22(19,20)21,12-7-3-5-9-14(12)17)13-8-4-6-10-15(13)18/h3-10H,2,11H2,1H3,(H2,19,20,21). The van der Waals surface area contributed by atoms with E-state index in [2.05, 4.69) is 0 Å². The van der Waals surface area contributed by atoms with Crippen LogP contribution in [0.15, 0.2) is 48.5 Å². The number of halogens is 2. The highest BCUT2D eigenvalue weighted by atomic mass is 35.5. The van der Waals surface area contributed by atoms with Gasteiger partial charge in [-0.15, -0.1) is 0 Å². The Kier molecular flexibility index (Phi) is 5.37. The first kappa shape index (κ1) is 17.5. The minimum absolute atomic E-state index is 0.241. The summed E-state index contributed by atoms with van der Waals surface area (Å²) in [5, 5.41) is -0.906. The van der Waals surface area contributed by atoms with Crippen LogP contribution in [0.25, 0.3) is 0 Å². The van der Waals surface area contributed by atoms with Gasteiger partial charge in [0.05, 0.1) is 0 Å². The Morgan fingerprint density at radius 2 is 1.36 bits per heavy atom. The van der Waals surface area contributed by atoms with Crippen molar-refractivity contribution < 1.29 is 14.4 Å². The Morgan fingerprint density at radius 1 is 0.955 bits per heavy atom. The zero-order valence-electron chi connectivity index (χ0n) is 12.0. The minimum Gasteiger partial charge on any atom is -0.324 e. The van der Waals surface area contributed by atoms with E-state index in [4.69, 9.17) is 23.2 Å². The van der Waals surface area contributed by atoms with Crippen molar-refractivity contribution in [1.82, 2.24) is 0 Å². The molecule has 2 aromatic rings. The molecule has 0 radical (unpaired) electrons. The highest BCUT2D eigenvalue weighted by Crippen LogP contribution is 2.65. The van der Waals surface area contributed by atoms with Gasteiger partial charge >= 0.3 is 7.60 Å². The maximum atomic E-state index is 12.5. The summed E-state index contributed by atoms with van der Waals surface area (Å²) in [4.78, 5) is 20.4. The van der Waals surface area contributed by atoms with Gasteiger partial charge in [0.1, 0.15) is 5.16 Å². The molecule has 0 aliphatic heterocycles. The molecular formula is C16H17Cl2O3P. The molecule has 0 bridgehead atoms. The zero-order chi connectivity index (χ0) is 16.4. The summed E-state index contributed by atoms with van der Waals surface area (Å²) < 4.78 is 12.5. The van der Waals surface area contributed by atoms with Crippen molar-refractivity contribution in [2.24, 2.45) is 0 Å². The van der Waals surface area contributed by atoms with Gasteiger partial charge in [-0.3, -0.25) is 4.57 Å². The van der Waals surface area contributed by atoms with Gasteiger partial charge in [0.2, 0.25) is 0 Å². The predicted molar refractivity (Wildman–Crippen MR) is 90.6 cm³/mol. The highest BCUT2D eigenvalue weighted by molar-refractivity contribution is 7.53. The molecule has 0 aromatic heterocycles. The molecule has 0 unspecified atom stereocenters. The van der Waals surface area contributed by atoms with E-state index in [-0.39, 0.29) is 6.42 Å². The molecule has 6 heteroatoms. The van der Waals surface area contributed by atoms with Gasteiger partial charge in [-0.25, -0.2) is 0 Å². The quantitative estimate of drug-likeness (QED) is 0.720. The maximum Gasteiger partial charge on any atom is 0.340 e. The van der Waals surface area contributed by atoms with E-state index in [1.807, 2.05) is 6.92 Å². The fourth-order valence-corrected chi connectivity index (χ4v) is 5.09. The average Bonchev–Trinajstić information content (AvgIpc) is 2.45. The second kappa shape index (κ2) is 6.74. The van der Waals surface area contributed by atoms with Gasteiger partial charge < -0.3 is 9.79 Å². The van der Waals surface area contributed by atoms with Crippen LogP contribution in [0, 0.1) is 0 Å². The summed E-state index contributed by atoms with van der Waals surface area (Å²) in [5.74, 6) is 0. The van der Waals surface area contributed by atoms with Crippen molar-refractivity contribution in [1.29, 1.82) is 0 Å². The van der Waals surface area contributed by atoms with Crippen LogP contribution in [0.3, 0.4) is 0 Å². The summed E-state index contributed by atoms with van der Waals surface area (Å²) in [6.45, 7) is 1.87. The normalized spacial score (nSPS) is 12.4. The van der Waals surface area contributed by atoms with Crippen LogP contribution in [0.5, 0.6) is 0 Å². The molecule has 0 heterocycles. The van der Waals surface area contributed by atoms with Crippen LogP contribution in [-0.4, -0.2) is 9.79 Å². The maximum absolute atomic E-state index is 12.5. The molecular weight excluding hydrogens is 342 g/mol. The number of rotatable bonds is 5. The van der Waals surface area contributed by atoms with Crippen LogP contribution in [0.2, 0.25) is 10.0 Å². The first-order chi connectivity index (χ1) is 10.3. The first-order valence-corrected chi connectivity index (χ1v) is 9.27. The zero-order valence-corrected chi connectivity index (χ0v) is 14.4. The van der Waals surface area contributed by atoms with E-state index in [0.29, 0.717) is 27.6 Å². The molecule has 0 aliphatic carbocycles. The van der Waals surface area contributed by atoms with Crippen molar-refractivity contribution in [2.75, 3.05) is 0 Å². The Bertz CT molecular complexity index is 667. The monoisotopic (exact) mass is 358 g/mol. The molecule has 0 spiro atoms. The van der Waals surface area contributed by atoms with Gasteiger partial charge in [-0.1, -0.05) is 72.9 Å². The Balaban J connectivity index is 2.88. The number of hydrogen-bond donors (Lipinski definition) is 2. The van der Waals surface area contributed by atoms with Crippen LogP contribution >= 0.6 is 30.8 Å². The van der Waals surface area contributed by atoms with Gasteiger partial charge in [0, 0.05) is 10.0 Å². The van der Waals surface area contributed by atoms with E-state index in [9.17, 15) is 14.4 Å². The summed E-state index contributed by atoms with van der Waals surface area (Å²) in [5.41, 5.74) is 0.805. The SMILES string of the molecule is CCCC(c1ccccc1Cl)(c1ccccc1Cl)P(=O)(O)O. The van der Waals surface area contributed by atoms with Crippen LogP contribution in [0.4, 0.5) is 0 Å². The van der Waals surface area contributed by atoms with Gasteiger partial charge in [0.15, 0.2) is 0 Å². The molecule has 118 valence electrons. The first-order valence-electron chi connectivity index (χ1n) is 6.90. The molecule has 0 aliphatic rings. The van der Waals surface area contributed by atoms with Crippen molar-refractivity contribution in [2.45, 2.75) is 24.9 Å². The third-order valence-electron chi connectivity index (χ3n) is 3.75. The summed E-state index contributed by atoms with van der Waals surface area (Å²) in [6, 6.07) is 13.5. The fourth-order valence-electron chi connectivity index (χ4n) is 2.83. The molecule has 0 saturated carbocycles. The van der Waals surface area contributed by atoms with Crippen LogP contribution in [0.1, 0.15) is 30.9 Å². The molecule has 0 saturated heterocycles. The van der Waals surface area contributed by atoms with Crippen LogP contribution < -0.4 is 0 Å². The Labute approximate surface area is 140 Å². The summed E-state index contributed by atoms with van der Waals surface area (Å²) in [6.07, 6.45) is 0.812. The second-order valence-electron chi connectivity index (χ2n) is 5.11. The molecule has 0 amide bonds. The lowest BCUT2D eigenvalue weighted by Crippen LogP contribution is -2.28. The van der Waals surface area contributed by atoms with E-state index in [1.165, 1.54) is 0 Å². The summed E-state index contributed by atoms with van der Waals surface area (Å²) in [7, 11) is -4.59. The third kappa shape index (κ3) is 2.97. The van der Waals surface area contributed by atoms with Crippen LogP contribution in [-0.2, 0) is 9.72 Å². The molecule has 0 atom stereocenters. The summed E-state index contributed by atoms with van der Waals surface area (Å²) >= 11 is 12.5. The molecule has 0 fully saturated rings. The topological polar surface area (TPSA) is 57.5 Å². The highest BCUT2D eigenvalue weighted by Gasteiger charge is 2.51. The molecule has 2 aromatic carbocycles. The van der Waals surface area contributed by atoms with Crippen molar-refractivity contribution in [3.8, 4) is 0 Å². The lowest BCUT2D eigenvalue weighted by atomic mass is 9.86. The second-order valence-corrected chi connectivity index (χ2v) is 7.78. The van der Waals surface area contributed by atoms with E-state index in [0.717, 1.165) is 0 Å². The Hall–Kier alpha value is -0.830. The number of hydrogen-bond acceptors (Lipinski definition) is 1. The molecule has 2 rings (SSSR count). The van der Waals surface area contributed by atoms with E-state index < -0.39 is 12.8 Å². The predicted octanol–water partition coefficient (Wildman–Crippen LogP) is 5.21. The minimum atomic E-state index is -4.59. The van der Waals surface area contributed by atoms with E-state index in [1.54, 1.807) is 48.5 Å². The van der Waals surface area contributed by atoms with E-state index >= 15 is 0 Å². The molecule has 2 N–H and O–H groups in total.